The Hall–Kier alpha value is -3.09. The van der Waals surface area contributed by atoms with Crippen LogP contribution in [0.25, 0.3) is 0 Å². The zero-order chi connectivity index (χ0) is 20.9. The van der Waals surface area contributed by atoms with Gasteiger partial charge in [0.15, 0.2) is 0 Å². The Balaban J connectivity index is 1.56. The zero-order valence-electron chi connectivity index (χ0n) is 16.8. The molecular formula is C23H25FN4O2. The third kappa shape index (κ3) is 4.56. The Morgan fingerprint density at radius 1 is 1.03 bits per heavy atom. The van der Waals surface area contributed by atoms with Crippen LogP contribution in [0.4, 0.5) is 4.39 Å². The van der Waals surface area contributed by atoms with Gasteiger partial charge in [-0.25, -0.2) is 9.40 Å². The highest BCUT2D eigenvalue weighted by Gasteiger charge is 2.32. The molecule has 0 aliphatic carbocycles. The van der Waals surface area contributed by atoms with Gasteiger partial charge >= 0.3 is 0 Å². The summed E-state index contributed by atoms with van der Waals surface area (Å²) >= 11 is 0. The van der Waals surface area contributed by atoms with E-state index in [0.717, 1.165) is 36.8 Å². The molecule has 30 heavy (non-hydrogen) atoms. The number of nitrogens with zero attached hydrogens (tertiary/aromatic N) is 4. The van der Waals surface area contributed by atoms with Crippen LogP contribution < -0.4 is 0 Å². The van der Waals surface area contributed by atoms with Crippen LogP contribution in [0.2, 0.25) is 0 Å². The largest absolute Gasteiger partial charge is 0.331 e. The third-order valence-corrected chi connectivity index (χ3v) is 5.70. The molecule has 2 aliphatic rings. The minimum atomic E-state index is -0.327. The Bertz CT molecular complexity index is 930. The predicted octanol–water partition coefficient (Wildman–Crippen LogP) is 3.84. The molecule has 1 atom stereocenters. The van der Waals surface area contributed by atoms with Gasteiger partial charge in [-0.05, 0) is 48.2 Å². The molecule has 2 aliphatic heterocycles. The Kier molecular flexibility index (Phi) is 6.16. The summed E-state index contributed by atoms with van der Waals surface area (Å²) < 4.78 is 13.2. The molecule has 0 spiro atoms. The minimum absolute atomic E-state index is 0.00567. The number of benzene rings is 1. The number of carbonyl (C=O) groups is 2. The van der Waals surface area contributed by atoms with Crippen molar-refractivity contribution in [2.45, 2.75) is 51.1 Å². The molecule has 0 N–H and O–H groups in total. The fourth-order valence-electron chi connectivity index (χ4n) is 4.09. The van der Waals surface area contributed by atoms with Crippen LogP contribution in [0.5, 0.6) is 0 Å². The number of aromatic nitrogens is 1. The molecule has 1 aromatic heterocycles. The first-order chi connectivity index (χ1) is 14.6. The SMILES string of the molecule is O=C1CCC(C(=O)N2CCCCCC2c2ccncc2)=NN1Cc1ccc(F)cc1. The van der Waals surface area contributed by atoms with Gasteiger partial charge in [0.1, 0.15) is 11.5 Å². The van der Waals surface area contributed by atoms with Crippen molar-refractivity contribution in [2.24, 2.45) is 5.10 Å². The molecule has 0 radical (unpaired) electrons. The number of likely N-dealkylation sites (tertiary alicyclic amines) is 1. The van der Waals surface area contributed by atoms with E-state index in [4.69, 9.17) is 0 Å². The first-order valence-corrected chi connectivity index (χ1v) is 10.4. The standard InChI is InChI=1S/C23H25FN4O2/c24-19-7-5-17(6-8-19)16-28-22(29)10-9-20(26-28)23(30)27-15-3-1-2-4-21(27)18-11-13-25-14-12-18/h5-8,11-14,21H,1-4,9-10,15-16H2. The number of rotatable bonds is 4. The number of hydrogen-bond acceptors (Lipinski definition) is 4. The number of pyridine rings is 1. The molecule has 1 saturated heterocycles. The number of amides is 2. The highest BCUT2D eigenvalue weighted by Crippen LogP contribution is 2.30. The van der Waals surface area contributed by atoms with Gasteiger partial charge in [0.2, 0.25) is 5.91 Å². The summed E-state index contributed by atoms with van der Waals surface area (Å²) in [5.41, 5.74) is 2.26. The monoisotopic (exact) mass is 408 g/mol. The summed E-state index contributed by atoms with van der Waals surface area (Å²) in [4.78, 5) is 31.8. The summed E-state index contributed by atoms with van der Waals surface area (Å²) in [7, 11) is 0. The molecule has 4 rings (SSSR count). The summed E-state index contributed by atoms with van der Waals surface area (Å²) in [5.74, 6) is -0.556. The van der Waals surface area contributed by atoms with E-state index in [9.17, 15) is 14.0 Å². The normalized spacial score (nSPS) is 20.0. The quantitative estimate of drug-likeness (QED) is 0.772. The highest BCUT2D eigenvalue weighted by molar-refractivity contribution is 6.39. The predicted molar refractivity (Wildman–Crippen MR) is 111 cm³/mol. The lowest BCUT2D eigenvalue weighted by Gasteiger charge is -2.32. The molecule has 2 aromatic rings. The van der Waals surface area contributed by atoms with Crippen LogP contribution in [0.3, 0.4) is 0 Å². The summed E-state index contributed by atoms with van der Waals surface area (Å²) in [6.07, 6.45) is 8.12. The van der Waals surface area contributed by atoms with Gasteiger partial charge in [-0.15, -0.1) is 0 Å². The van der Waals surface area contributed by atoms with E-state index in [0.29, 0.717) is 18.7 Å². The number of halogens is 1. The molecule has 3 heterocycles. The topological polar surface area (TPSA) is 65.9 Å². The van der Waals surface area contributed by atoms with Crippen LogP contribution in [0, 0.1) is 5.82 Å². The first kappa shape index (κ1) is 20.2. The maximum atomic E-state index is 13.4. The third-order valence-electron chi connectivity index (χ3n) is 5.70. The van der Waals surface area contributed by atoms with Gasteiger partial charge in [-0.2, -0.15) is 5.10 Å². The molecule has 1 fully saturated rings. The zero-order valence-corrected chi connectivity index (χ0v) is 16.8. The van der Waals surface area contributed by atoms with E-state index in [1.165, 1.54) is 17.1 Å². The number of hydrazone groups is 1. The smallest absolute Gasteiger partial charge is 0.270 e. The van der Waals surface area contributed by atoms with E-state index < -0.39 is 0 Å². The second kappa shape index (κ2) is 9.15. The fourth-order valence-corrected chi connectivity index (χ4v) is 4.09. The van der Waals surface area contributed by atoms with Gasteiger partial charge in [-0.3, -0.25) is 14.6 Å². The van der Waals surface area contributed by atoms with E-state index in [1.807, 2.05) is 17.0 Å². The molecule has 0 bridgehead atoms. The Morgan fingerprint density at radius 3 is 2.57 bits per heavy atom. The molecule has 0 saturated carbocycles. The first-order valence-electron chi connectivity index (χ1n) is 10.4. The Morgan fingerprint density at radius 2 is 1.80 bits per heavy atom. The fraction of sp³-hybridized carbons (Fsp3) is 0.391. The van der Waals surface area contributed by atoms with Crippen molar-refractivity contribution >= 4 is 17.5 Å². The van der Waals surface area contributed by atoms with Crippen molar-refractivity contribution in [3.05, 3.63) is 65.7 Å². The number of carbonyl (C=O) groups excluding carboxylic acids is 2. The minimum Gasteiger partial charge on any atom is -0.331 e. The van der Waals surface area contributed by atoms with Crippen molar-refractivity contribution in [2.75, 3.05) is 6.54 Å². The molecule has 1 unspecified atom stereocenters. The molecule has 156 valence electrons. The van der Waals surface area contributed by atoms with Gasteiger partial charge in [0.25, 0.3) is 5.91 Å². The average Bonchev–Trinajstić information content (AvgIpc) is 3.03. The molecule has 2 amide bonds. The second-order valence-electron chi connectivity index (χ2n) is 7.77. The van der Waals surface area contributed by atoms with Crippen molar-refractivity contribution in [1.82, 2.24) is 14.9 Å². The lowest BCUT2D eigenvalue weighted by Crippen LogP contribution is -2.43. The van der Waals surface area contributed by atoms with Crippen LogP contribution in [-0.4, -0.2) is 39.0 Å². The van der Waals surface area contributed by atoms with E-state index in [-0.39, 0.29) is 36.6 Å². The molecule has 7 heteroatoms. The van der Waals surface area contributed by atoms with Crippen molar-refractivity contribution in [3.8, 4) is 0 Å². The summed E-state index contributed by atoms with van der Waals surface area (Å²) in [5, 5.41) is 5.75. The van der Waals surface area contributed by atoms with Crippen molar-refractivity contribution in [3.63, 3.8) is 0 Å². The van der Waals surface area contributed by atoms with Crippen molar-refractivity contribution in [1.29, 1.82) is 0 Å². The van der Waals surface area contributed by atoms with E-state index in [1.54, 1.807) is 24.5 Å². The van der Waals surface area contributed by atoms with Gasteiger partial charge in [0.05, 0.1) is 12.6 Å². The molecule has 1 aromatic carbocycles. The van der Waals surface area contributed by atoms with E-state index >= 15 is 0 Å². The van der Waals surface area contributed by atoms with Crippen LogP contribution in [0.15, 0.2) is 53.9 Å². The van der Waals surface area contributed by atoms with E-state index in [2.05, 4.69) is 10.1 Å². The maximum absolute atomic E-state index is 13.4. The molecular weight excluding hydrogens is 383 g/mol. The summed E-state index contributed by atoms with van der Waals surface area (Å²) in [6.45, 7) is 0.903. The van der Waals surface area contributed by atoms with Crippen LogP contribution in [0.1, 0.15) is 55.7 Å². The number of hydrogen-bond donors (Lipinski definition) is 0. The molecule has 6 nitrogen and oxygen atoms in total. The van der Waals surface area contributed by atoms with Gasteiger partial charge < -0.3 is 4.90 Å². The highest BCUT2D eigenvalue weighted by atomic mass is 19.1. The maximum Gasteiger partial charge on any atom is 0.270 e. The average molecular weight is 408 g/mol. The summed E-state index contributed by atoms with van der Waals surface area (Å²) in [6, 6.07) is 9.89. The van der Waals surface area contributed by atoms with Crippen molar-refractivity contribution < 1.29 is 14.0 Å². The second-order valence-corrected chi connectivity index (χ2v) is 7.77. The van der Waals surface area contributed by atoms with Crippen LogP contribution in [-0.2, 0) is 16.1 Å². The lowest BCUT2D eigenvalue weighted by atomic mass is 10.0. The van der Waals surface area contributed by atoms with Gasteiger partial charge in [-0.1, -0.05) is 25.0 Å². The van der Waals surface area contributed by atoms with Gasteiger partial charge in [0, 0.05) is 31.8 Å². The van der Waals surface area contributed by atoms with Crippen LogP contribution >= 0.6 is 0 Å². The Labute approximate surface area is 175 Å². The lowest BCUT2D eigenvalue weighted by molar-refractivity contribution is -0.133.